The van der Waals surface area contributed by atoms with Crippen LogP contribution in [0, 0.1) is 0 Å². The summed E-state index contributed by atoms with van der Waals surface area (Å²) in [6, 6.07) is 6.86. The minimum Gasteiger partial charge on any atom is -0.434 e. The minimum atomic E-state index is -2.85. The second-order valence-electron chi connectivity index (χ2n) is 7.66. The van der Waals surface area contributed by atoms with E-state index in [1.807, 2.05) is 6.07 Å². The molecule has 2 heterocycles. The highest BCUT2D eigenvalue weighted by Crippen LogP contribution is 2.31. The Balaban J connectivity index is 1.53. The average Bonchev–Trinajstić information content (AvgIpc) is 2.69. The quantitative estimate of drug-likeness (QED) is 0.841. The fourth-order valence-electron chi connectivity index (χ4n) is 4.30. The molecule has 0 atom stereocenters. The number of benzene rings is 1. The van der Waals surface area contributed by atoms with Crippen molar-refractivity contribution in [2.75, 3.05) is 6.54 Å². The van der Waals surface area contributed by atoms with Gasteiger partial charge in [-0.2, -0.15) is 8.78 Å². The summed E-state index contributed by atoms with van der Waals surface area (Å²) in [6.07, 6.45) is 6.37. The number of aromatic amines is 1. The predicted octanol–water partition coefficient (Wildman–Crippen LogP) is 3.98. The third-order valence-corrected chi connectivity index (χ3v) is 5.75. The third-order valence-electron chi connectivity index (χ3n) is 5.75. The van der Waals surface area contributed by atoms with E-state index in [0.717, 1.165) is 29.9 Å². The van der Waals surface area contributed by atoms with Gasteiger partial charge in [-0.1, -0.05) is 37.5 Å². The number of nitrogens with zero attached hydrogens (tertiary/aromatic N) is 2. The van der Waals surface area contributed by atoms with Crippen molar-refractivity contribution in [1.82, 2.24) is 14.9 Å². The monoisotopic (exact) mass is 389 g/mol. The van der Waals surface area contributed by atoms with E-state index in [1.54, 1.807) is 18.2 Å². The predicted molar refractivity (Wildman–Crippen MR) is 102 cm³/mol. The fourth-order valence-corrected chi connectivity index (χ4v) is 4.30. The van der Waals surface area contributed by atoms with E-state index in [4.69, 9.17) is 4.98 Å². The highest BCUT2D eigenvalue weighted by Gasteiger charge is 2.25. The van der Waals surface area contributed by atoms with Crippen LogP contribution in [0.1, 0.15) is 60.7 Å². The molecule has 0 radical (unpaired) electrons. The first-order chi connectivity index (χ1) is 13.6. The van der Waals surface area contributed by atoms with E-state index in [9.17, 15) is 13.6 Å². The van der Waals surface area contributed by atoms with Crippen molar-refractivity contribution in [3.8, 4) is 5.75 Å². The third kappa shape index (κ3) is 4.24. The molecule has 0 bridgehead atoms. The molecule has 1 aromatic heterocycles. The molecular formula is C21H25F2N3O2. The standard InChI is InChI=1S/C21H25F2N3O2/c22-21(23)28-18-9-5-4-8-15(18)12-26-11-10-16-17(13-26)24-19(25-20(16)27)14-6-2-1-3-7-14/h4-5,8-9,14,21H,1-3,6-7,10-13H2,(H,24,25,27). The molecule has 1 saturated carbocycles. The maximum absolute atomic E-state index is 12.7. The highest BCUT2D eigenvalue weighted by molar-refractivity contribution is 5.33. The Morgan fingerprint density at radius 2 is 2.00 bits per heavy atom. The molecule has 2 aromatic rings. The van der Waals surface area contributed by atoms with Crippen molar-refractivity contribution in [2.24, 2.45) is 0 Å². The number of hydrogen-bond donors (Lipinski definition) is 1. The molecule has 1 aromatic carbocycles. The Bertz CT molecular complexity index is 878. The number of halogens is 2. The Morgan fingerprint density at radius 3 is 2.79 bits per heavy atom. The van der Waals surface area contributed by atoms with E-state index in [0.29, 0.717) is 37.5 Å². The molecule has 28 heavy (non-hydrogen) atoms. The fraction of sp³-hybridized carbons (Fsp3) is 0.524. The summed E-state index contributed by atoms with van der Waals surface area (Å²) in [5.74, 6) is 1.35. The second kappa shape index (κ2) is 8.39. The van der Waals surface area contributed by atoms with Gasteiger partial charge in [0.05, 0.1) is 5.69 Å². The molecule has 7 heteroatoms. The van der Waals surface area contributed by atoms with Crippen LogP contribution in [-0.4, -0.2) is 28.0 Å². The van der Waals surface area contributed by atoms with Gasteiger partial charge in [-0.05, 0) is 25.3 Å². The van der Waals surface area contributed by atoms with Crippen molar-refractivity contribution in [3.05, 3.63) is 57.3 Å². The lowest BCUT2D eigenvalue weighted by molar-refractivity contribution is -0.0508. The summed E-state index contributed by atoms with van der Waals surface area (Å²) in [4.78, 5) is 22.5. The molecule has 1 N–H and O–H groups in total. The minimum absolute atomic E-state index is 0.0216. The second-order valence-corrected chi connectivity index (χ2v) is 7.66. The van der Waals surface area contributed by atoms with Crippen molar-refractivity contribution < 1.29 is 13.5 Å². The van der Waals surface area contributed by atoms with Crippen LogP contribution < -0.4 is 10.3 Å². The summed E-state index contributed by atoms with van der Waals surface area (Å²) in [6.45, 7) is -1.14. The molecule has 0 amide bonds. The summed E-state index contributed by atoms with van der Waals surface area (Å²) in [5.41, 5.74) is 2.27. The van der Waals surface area contributed by atoms with Gasteiger partial charge >= 0.3 is 6.61 Å². The SMILES string of the molecule is O=c1[nH]c(C2CCCCC2)nc2c1CCN(Cc1ccccc1OC(F)F)C2. The van der Waals surface area contributed by atoms with Crippen LogP contribution >= 0.6 is 0 Å². The highest BCUT2D eigenvalue weighted by atomic mass is 19.3. The smallest absolute Gasteiger partial charge is 0.387 e. The van der Waals surface area contributed by atoms with Gasteiger partial charge in [0, 0.05) is 36.7 Å². The molecule has 1 aliphatic heterocycles. The lowest BCUT2D eigenvalue weighted by atomic mass is 9.88. The maximum atomic E-state index is 12.7. The lowest BCUT2D eigenvalue weighted by Gasteiger charge is -2.29. The summed E-state index contributed by atoms with van der Waals surface area (Å²) < 4.78 is 30.0. The van der Waals surface area contributed by atoms with Crippen molar-refractivity contribution in [3.63, 3.8) is 0 Å². The number of aromatic nitrogens is 2. The van der Waals surface area contributed by atoms with Gasteiger partial charge in [-0.3, -0.25) is 9.69 Å². The average molecular weight is 389 g/mol. The number of H-pyrrole nitrogens is 1. The van der Waals surface area contributed by atoms with Crippen LogP contribution in [0.2, 0.25) is 0 Å². The van der Waals surface area contributed by atoms with Crippen LogP contribution in [0.25, 0.3) is 0 Å². The number of fused-ring (bicyclic) bond motifs is 1. The van der Waals surface area contributed by atoms with E-state index in [1.165, 1.54) is 19.3 Å². The Hall–Kier alpha value is -2.28. The van der Waals surface area contributed by atoms with Gasteiger partial charge in [0.15, 0.2) is 0 Å². The van der Waals surface area contributed by atoms with Crippen LogP contribution in [0.5, 0.6) is 5.75 Å². The number of rotatable bonds is 5. The molecule has 5 nitrogen and oxygen atoms in total. The van der Waals surface area contributed by atoms with Gasteiger partial charge in [0.2, 0.25) is 0 Å². The van der Waals surface area contributed by atoms with E-state index in [-0.39, 0.29) is 11.3 Å². The Labute approximate surface area is 162 Å². The van der Waals surface area contributed by atoms with Crippen molar-refractivity contribution in [1.29, 1.82) is 0 Å². The maximum Gasteiger partial charge on any atom is 0.387 e. The van der Waals surface area contributed by atoms with E-state index >= 15 is 0 Å². The first kappa shape index (κ1) is 19.1. The normalized spacial score (nSPS) is 18.2. The van der Waals surface area contributed by atoms with Crippen LogP contribution in [-0.2, 0) is 19.5 Å². The number of hydrogen-bond acceptors (Lipinski definition) is 4. The zero-order valence-corrected chi connectivity index (χ0v) is 15.8. The van der Waals surface area contributed by atoms with Crippen molar-refractivity contribution in [2.45, 2.75) is 64.1 Å². The number of para-hydroxylation sites is 1. The topological polar surface area (TPSA) is 58.2 Å². The zero-order valence-electron chi connectivity index (χ0n) is 15.8. The molecule has 150 valence electrons. The summed E-state index contributed by atoms with van der Waals surface area (Å²) in [5, 5.41) is 0. The van der Waals surface area contributed by atoms with Crippen LogP contribution in [0.4, 0.5) is 8.78 Å². The Kier molecular flexibility index (Phi) is 5.71. The van der Waals surface area contributed by atoms with Crippen LogP contribution in [0.15, 0.2) is 29.1 Å². The van der Waals surface area contributed by atoms with Gasteiger partial charge in [0.1, 0.15) is 11.6 Å². The van der Waals surface area contributed by atoms with Gasteiger partial charge < -0.3 is 9.72 Å². The van der Waals surface area contributed by atoms with Crippen LogP contribution in [0.3, 0.4) is 0 Å². The molecule has 1 fully saturated rings. The summed E-state index contributed by atoms with van der Waals surface area (Å²) >= 11 is 0. The Morgan fingerprint density at radius 1 is 1.21 bits per heavy atom. The van der Waals surface area contributed by atoms with Gasteiger partial charge in [-0.25, -0.2) is 4.98 Å². The molecule has 0 unspecified atom stereocenters. The molecule has 0 saturated heterocycles. The van der Waals surface area contributed by atoms with Crippen molar-refractivity contribution >= 4 is 0 Å². The first-order valence-corrected chi connectivity index (χ1v) is 9.97. The number of ether oxygens (including phenoxy) is 1. The largest absolute Gasteiger partial charge is 0.434 e. The first-order valence-electron chi connectivity index (χ1n) is 9.97. The molecule has 0 spiro atoms. The number of alkyl halides is 2. The van der Waals surface area contributed by atoms with E-state index < -0.39 is 6.61 Å². The van der Waals surface area contributed by atoms with Gasteiger partial charge in [-0.15, -0.1) is 0 Å². The lowest BCUT2D eigenvalue weighted by Crippen LogP contribution is -2.36. The van der Waals surface area contributed by atoms with E-state index in [2.05, 4.69) is 14.6 Å². The molecular weight excluding hydrogens is 364 g/mol. The molecule has 1 aliphatic carbocycles. The summed E-state index contributed by atoms with van der Waals surface area (Å²) in [7, 11) is 0. The molecule has 4 rings (SSSR count). The number of nitrogens with one attached hydrogen (secondary N) is 1. The zero-order chi connectivity index (χ0) is 19.5. The molecule has 2 aliphatic rings. The van der Waals surface area contributed by atoms with Gasteiger partial charge in [0.25, 0.3) is 5.56 Å².